The van der Waals surface area contributed by atoms with Gasteiger partial charge in [-0.2, -0.15) is 0 Å². The summed E-state index contributed by atoms with van der Waals surface area (Å²) in [4.78, 5) is 36.7. The molecule has 2 amide bonds. The first kappa shape index (κ1) is 27.9. The van der Waals surface area contributed by atoms with E-state index in [1.165, 1.54) is 13.0 Å². The van der Waals surface area contributed by atoms with E-state index >= 15 is 0 Å². The number of carbonyl (C=O) groups is 3. The van der Waals surface area contributed by atoms with Crippen molar-refractivity contribution in [3.8, 4) is 17.2 Å². The second-order valence-corrected chi connectivity index (χ2v) is 10.2. The quantitative estimate of drug-likeness (QED) is 0.369. The van der Waals surface area contributed by atoms with Crippen molar-refractivity contribution >= 4 is 17.8 Å². The molecule has 1 aliphatic heterocycles. The van der Waals surface area contributed by atoms with Gasteiger partial charge in [0.05, 0.1) is 12.2 Å². The van der Waals surface area contributed by atoms with Crippen molar-refractivity contribution in [2.24, 2.45) is 11.8 Å². The lowest BCUT2D eigenvalue weighted by Gasteiger charge is -2.31. The molecular formula is C29H33FN2O7. The van der Waals surface area contributed by atoms with Crippen LogP contribution in [0.15, 0.2) is 48.6 Å². The zero-order chi connectivity index (χ0) is 28.1. The standard InChI is InChI=1S/C29H33FN2O7/c1-17(13-32-14-21-10-11-25(34)27(30)26(21)28(32)35)20-8-6-19(7-9-20)15-38-22-4-3-5-23(12-22)39-16-24(29(36)37)31-18(2)33/h3-5,10-12,19-20,24,34H,1,6-9,13-16H2,2H3,(H,31,33)(H,36,37). The number of phenols is 1. The van der Waals surface area contributed by atoms with E-state index in [2.05, 4.69) is 11.9 Å². The van der Waals surface area contributed by atoms with E-state index in [1.807, 2.05) is 0 Å². The number of halogens is 1. The summed E-state index contributed by atoms with van der Waals surface area (Å²) in [5, 5.41) is 21.1. The number of phenolic OH excluding ortho intramolecular Hbond substituents is 1. The molecule has 1 atom stereocenters. The number of fused-ring (bicyclic) bond motifs is 1. The number of carboxylic acids is 1. The van der Waals surface area contributed by atoms with Crippen LogP contribution < -0.4 is 14.8 Å². The second kappa shape index (κ2) is 12.2. The number of carbonyl (C=O) groups excluding carboxylic acids is 2. The minimum atomic E-state index is -1.18. The van der Waals surface area contributed by atoms with E-state index in [9.17, 15) is 29.0 Å². The SMILES string of the molecule is C=C(CN1Cc2ccc(O)c(F)c2C1=O)C1CCC(COc2cccc(OCC(NC(C)=O)C(=O)O)c2)CC1. The molecule has 2 aromatic rings. The van der Waals surface area contributed by atoms with Crippen LogP contribution in [0.3, 0.4) is 0 Å². The Morgan fingerprint density at radius 3 is 2.51 bits per heavy atom. The van der Waals surface area contributed by atoms with Gasteiger partial charge in [-0.1, -0.05) is 24.3 Å². The maximum Gasteiger partial charge on any atom is 0.329 e. The highest BCUT2D eigenvalue weighted by atomic mass is 19.1. The molecule has 0 spiro atoms. The molecule has 1 fully saturated rings. The number of aromatic hydroxyl groups is 1. The van der Waals surface area contributed by atoms with Crippen molar-refractivity contribution in [3.63, 3.8) is 0 Å². The van der Waals surface area contributed by atoms with Crippen molar-refractivity contribution in [1.29, 1.82) is 0 Å². The number of nitrogens with one attached hydrogen (secondary N) is 1. The molecule has 1 aliphatic carbocycles. The first-order valence-corrected chi connectivity index (χ1v) is 12.9. The third-order valence-corrected chi connectivity index (χ3v) is 7.27. The molecule has 10 heteroatoms. The third-order valence-electron chi connectivity index (χ3n) is 7.27. The predicted octanol–water partition coefficient (Wildman–Crippen LogP) is 3.90. The third kappa shape index (κ3) is 6.87. The summed E-state index contributed by atoms with van der Waals surface area (Å²) >= 11 is 0. The number of hydrogen-bond donors (Lipinski definition) is 3. The summed E-state index contributed by atoms with van der Waals surface area (Å²) in [6.07, 6.45) is 3.71. The smallest absolute Gasteiger partial charge is 0.329 e. The Hall–Kier alpha value is -4.08. The first-order valence-electron chi connectivity index (χ1n) is 12.9. The normalized spacial score (nSPS) is 19.2. The molecule has 0 saturated heterocycles. The molecule has 0 radical (unpaired) electrons. The number of nitrogens with zero attached hydrogens (tertiary/aromatic N) is 1. The Balaban J connectivity index is 1.21. The Bertz CT molecular complexity index is 1260. The molecule has 0 bridgehead atoms. The maximum atomic E-state index is 14.2. The monoisotopic (exact) mass is 540 g/mol. The summed E-state index contributed by atoms with van der Waals surface area (Å²) in [5.74, 6) is -1.76. The summed E-state index contributed by atoms with van der Waals surface area (Å²) < 4.78 is 25.8. The lowest BCUT2D eigenvalue weighted by molar-refractivity contribution is -0.142. The second-order valence-electron chi connectivity index (χ2n) is 10.2. The van der Waals surface area contributed by atoms with E-state index in [4.69, 9.17) is 9.47 Å². The molecule has 1 saturated carbocycles. The average Bonchev–Trinajstić information content (AvgIpc) is 3.23. The van der Waals surface area contributed by atoms with Gasteiger partial charge in [-0.05, 0) is 61.3 Å². The molecule has 9 nitrogen and oxygen atoms in total. The van der Waals surface area contributed by atoms with E-state index in [-0.39, 0.29) is 18.1 Å². The minimum absolute atomic E-state index is 0.0486. The van der Waals surface area contributed by atoms with Crippen LogP contribution in [-0.4, -0.2) is 58.7 Å². The lowest BCUT2D eigenvalue weighted by atomic mass is 9.79. The fraction of sp³-hybridized carbons (Fsp3) is 0.414. The topological polar surface area (TPSA) is 125 Å². The molecule has 39 heavy (non-hydrogen) atoms. The van der Waals surface area contributed by atoms with E-state index in [1.54, 1.807) is 35.2 Å². The van der Waals surface area contributed by atoms with Crippen LogP contribution in [0, 0.1) is 17.7 Å². The van der Waals surface area contributed by atoms with Crippen molar-refractivity contribution in [1.82, 2.24) is 10.2 Å². The molecule has 0 aromatic heterocycles. The Morgan fingerprint density at radius 2 is 1.85 bits per heavy atom. The number of rotatable bonds is 11. The van der Waals surface area contributed by atoms with Gasteiger partial charge in [0.1, 0.15) is 18.1 Å². The number of carboxylic acid groups (broad SMARTS) is 1. The van der Waals surface area contributed by atoms with Crippen LogP contribution in [-0.2, 0) is 16.1 Å². The van der Waals surface area contributed by atoms with Crippen LogP contribution in [0.4, 0.5) is 4.39 Å². The fourth-order valence-electron chi connectivity index (χ4n) is 5.11. The summed E-state index contributed by atoms with van der Waals surface area (Å²) in [6, 6.07) is 8.65. The number of ether oxygens (including phenoxy) is 2. The van der Waals surface area contributed by atoms with Crippen LogP contribution in [0.1, 0.15) is 48.5 Å². The van der Waals surface area contributed by atoms with Gasteiger partial charge in [-0.25, -0.2) is 9.18 Å². The number of hydrogen-bond acceptors (Lipinski definition) is 6. The lowest BCUT2D eigenvalue weighted by Crippen LogP contribution is -2.43. The highest BCUT2D eigenvalue weighted by molar-refractivity contribution is 5.99. The van der Waals surface area contributed by atoms with Gasteiger partial charge in [0.25, 0.3) is 5.91 Å². The highest BCUT2D eigenvalue weighted by Crippen LogP contribution is 2.36. The van der Waals surface area contributed by atoms with E-state index < -0.39 is 35.4 Å². The predicted molar refractivity (Wildman–Crippen MR) is 140 cm³/mol. The van der Waals surface area contributed by atoms with Gasteiger partial charge in [-0.3, -0.25) is 9.59 Å². The summed E-state index contributed by atoms with van der Waals surface area (Å²) in [7, 11) is 0. The van der Waals surface area contributed by atoms with Gasteiger partial charge in [-0.15, -0.1) is 0 Å². The van der Waals surface area contributed by atoms with Crippen LogP contribution in [0.25, 0.3) is 0 Å². The molecule has 1 heterocycles. The van der Waals surface area contributed by atoms with Gasteiger partial charge in [0.15, 0.2) is 17.6 Å². The average molecular weight is 541 g/mol. The van der Waals surface area contributed by atoms with E-state index in [0.29, 0.717) is 42.7 Å². The molecule has 208 valence electrons. The maximum absolute atomic E-state index is 14.2. The van der Waals surface area contributed by atoms with Gasteiger partial charge in [0, 0.05) is 26.1 Å². The molecule has 2 aliphatic rings. The largest absolute Gasteiger partial charge is 0.505 e. The zero-order valence-corrected chi connectivity index (χ0v) is 21.8. The summed E-state index contributed by atoms with van der Waals surface area (Å²) in [5.41, 5.74) is 1.48. The zero-order valence-electron chi connectivity index (χ0n) is 21.8. The number of aliphatic carboxylic acids is 1. The van der Waals surface area contributed by atoms with Crippen molar-refractivity contribution in [2.75, 3.05) is 19.8 Å². The molecule has 3 N–H and O–H groups in total. The van der Waals surface area contributed by atoms with Gasteiger partial charge >= 0.3 is 5.97 Å². The van der Waals surface area contributed by atoms with Gasteiger partial charge in [0.2, 0.25) is 5.91 Å². The van der Waals surface area contributed by atoms with Crippen molar-refractivity contribution in [3.05, 3.63) is 65.5 Å². The van der Waals surface area contributed by atoms with Crippen LogP contribution >= 0.6 is 0 Å². The highest BCUT2D eigenvalue weighted by Gasteiger charge is 2.33. The summed E-state index contributed by atoms with van der Waals surface area (Å²) in [6.45, 7) is 6.45. The number of benzene rings is 2. The van der Waals surface area contributed by atoms with Gasteiger partial charge < -0.3 is 29.9 Å². The van der Waals surface area contributed by atoms with Crippen LogP contribution in [0.2, 0.25) is 0 Å². The van der Waals surface area contributed by atoms with E-state index in [0.717, 1.165) is 31.3 Å². The first-order chi connectivity index (χ1) is 18.6. The Kier molecular flexibility index (Phi) is 8.73. The molecular weight excluding hydrogens is 507 g/mol. The molecule has 4 rings (SSSR count). The Morgan fingerprint density at radius 1 is 1.15 bits per heavy atom. The molecule has 1 unspecified atom stereocenters. The number of amides is 2. The van der Waals surface area contributed by atoms with Crippen LogP contribution in [0.5, 0.6) is 17.2 Å². The fourth-order valence-corrected chi connectivity index (χ4v) is 5.11. The van der Waals surface area contributed by atoms with Crippen molar-refractivity contribution in [2.45, 2.75) is 45.2 Å². The molecule has 2 aromatic carbocycles. The van der Waals surface area contributed by atoms with Crippen molar-refractivity contribution < 1.29 is 38.5 Å². The Labute approximate surface area is 226 Å². The minimum Gasteiger partial charge on any atom is -0.505 e.